The van der Waals surface area contributed by atoms with E-state index in [1.165, 1.54) is 0 Å². The summed E-state index contributed by atoms with van der Waals surface area (Å²) in [4.78, 5) is 22.3. The van der Waals surface area contributed by atoms with Crippen LogP contribution in [-0.4, -0.2) is 30.2 Å². The van der Waals surface area contributed by atoms with Gasteiger partial charge < -0.3 is 15.7 Å². The number of rotatable bonds is 6. The van der Waals surface area contributed by atoms with Crippen molar-refractivity contribution < 1.29 is 14.7 Å². The second kappa shape index (κ2) is 5.38. The van der Waals surface area contributed by atoms with Gasteiger partial charge in [0.2, 0.25) is 0 Å². The van der Waals surface area contributed by atoms with E-state index in [1.807, 2.05) is 0 Å². The maximum Gasteiger partial charge on any atom is 0.314 e. The van der Waals surface area contributed by atoms with Crippen LogP contribution in [0, 0.1) is 17.3 Å². The minimum Gasteiger partial charge on any atom is -0.481 e. The van der Waals surface area contributed by atoms with Crippen molar-refractivity contribution in [3.05, 3.63) is 0 Å². The van der Waals surface area contributed by atoms with Crippen LogP contribution in [0.2, 0.25) is 0 Å². The summed E-state index contributed by atoms with van der Waals surface area (Å²) >= 11 is 0. The van der Waals surface area contributed by atoms with Gasteiger partial charge in [0.15, 0.2) is 0 Å². The SMILES string of the molecule is CC(C)C(C)CNC(=O)NCC1(C(=O)O)CC1. The lowest BCUT2D eigenvalue weighted by Gasteiger charge is -2.17. The van der Waals surface area contributed by atoms with Gasteiger partial charge in [0, 0.05) is 13.1 Å². The summed E-state index contributed by atoms with van der Waals surface area (Å²) in [6.07, 6.45) is 1.32. The Morgan fingerprint density at radius 3 is 2.24 bits per heavy atom. The second-order valence-electron chi connectivity index (χ2n) is 5.37. The first-order chi connectivity index (χ1) is 7.87. The van der Waals surface area contributed by atoms with Crippen LogP contribution >= 0.6 is 0 Å². The van der Waals surface area contributed by atoms with Gasteiger partial charge in [0.05, 0.1) is 5.41 Å². The molecule has 0 aromatic rings. The topological polar surface area (TPSA) is 78.4 Å². The molecule has 5 nitrogen and oxygen atoms in total. The lowest BCUT2D eigenvalue weighted by atomic mass is 9.98. The highest BCUT2D eigenvalue weighted by Gasteiger charge is 2.50. The van der Waals surface area contributed by atoms with Gasteiger partial charge in [-0.15, -0.1) is 0 Å². The van der Waals surface area contributed by atoms with Gasteiger partial charge in [0.1, 0.15) is 0 Å². The number of carboxylic acids is 1. The molecule has 3 N–H and O–H groups in total. The van der Waals surface area contributed by atoms with Crippen LogP contribution in [0.15, 0.2) is 0 Å². The third kappa shape index (κ3) is 3.91. The molecule has 0 saturated heterocycles. The molecule has 2 amide bonds. The summed E-state index contributed by atoms with van der Waals surface area (Å²) in [5.41, 5.74) is -0.693. The first-order valence-corrected chi connectivity index (χ1v) is 6.12. The van der Waals surface area contributed by atoms with Gasteiger partial charge in [-0.05, 0) is 24.7 Å². The Bertz CT molecular complexity index is 298. The quantitative estimate of drug-likeness (QED) is 0.659. The number of carboxylic acid groups (broad SMARTS) is 1. The highest BCUT2D eigenvalue weighted by Crippen LogP contribution is 2.45. The zero-order chi connectivity index (χ0) is 13.1. The average Bonchev–Trinajstić information content (AvgIpc) is 3.03. The van der Waals surface area contributed by atoms with E-state index in [0.717, 1.165) is 0 Å². The number of amides is 2. The molecule has 5 heteroatoms. The van der Waals surface area contributed by atoms with E-state index in [2.05, 4.69) is 31.4 Å². The fraction of sp³-hybridized carbons (Fsp3) is 0.833. The van der Waals surface area contributed by atoms with E-state index >= 15 is 0 Å². The molecule has 1 aliphatic rings. The lowest BCUT2D eigenvalue weighted by Crippen LogP contribution is -2.42. The normalized spacial score (nSPS) is 18.6. The van der Waals surface area contributed by atoms with Crippen molar-refractivity contribution in [2.24, 2.45) is 17.3 Å². The van der Waals surface area contributed by atoms with Crippen molar-refractivity contribution in [3.8, 4) is 0 Å². The van der Waals surface area contributed by atoms with Gasteiger partial charge in [-0.3, -0.25) is 4.79 Å². The third-order valence-corrected chi connectivity index (χ3v) is 3.62. The van der Waals surface area contributed by atoms with E-state index in [1.54, 1.807) is 0 Å². The van der Waals surface area contributed by atoms with Crippen molar-refractivity contribution in [1.29, 1.82) is 0 Å². The second-order valence-corrected chi connectivity index (χ2v) is 5.37. The summed E-state index contributed by atoms with van der Waals surface area (Å²) < 4.78 is 0. The van der Waals surface area contributed by atoms with Crippen molar-refractivity contribution in [3.63, 3.8) is 0 Å². The monoisotopic (exact) mass is 242 g/mol. The van der Waals surface area contributed by atoms with Crippen LogP contribution in [0.1, 0.15) is 33.6 Å². The fourth-order valence-corrected chi connectivity index (χ4v) is 1.42. The molecule has 0 spiro atoms. The van der Waals surface area contributed by atoms with Gasteiger partial charge in [-0.2, -0.15) is 0 Å². The molecule has 0 aromatic heterocycles. The van der Waals surface area contributed by atoms with Crippen molar-refractivity contribution in [2.75, 3.05) is 13.1 Å². The Morgan fingerprint density at radius 2 is 1.82 bits per heavy atom. The number of urea groups is 1. The molecule has 0 aliphatic heterocycles. The number of carbonyl (C=O) groups is 2. The summed E-state index contributed by atoms with van der Waals surface area (Å²) in [6, 6.07) is -0.273. The Kier molecular flexibility index (Phi) is 4.37. The molecular weight excluding hydrogens is 220 g/mol. The molecule has 0 radical (unpaired) electrons. The Balaban J connectivity index is 2.20. The van der Waals surface area contributed by atoms with Crippen LogP contribution in [0.4, 0.5) is 4.79 Å². The molecule has 1 rings (SSSR count). The van der Waals surface area contributed by atoms with Gasteiger partial charge in [-0.1, -0.05) is 20.8 Å². The summed E-state index contributed by atoms with van der Waals surface area (Å²) in [6.45, 7) is 7.13. The number of hydrogen-bond donors (Lipinski definition) is 3. The third-order valence-electron chi connectivity index (χ3n) is 3.62. The molecule has 1 saturated carbocycles. The minimum absolute atomic E-state index is 0.226. The van der Waals surface area contributed by atoms with E-state index in [4.69, 9.17) is 5.11 Å². The van der Waals surface area contributed by atoms with Crippen LogP contribution in [-0.2, 0) is 4.79 Å². The van der Waals surface area contributed by atoms with Gasteiger partial charge in [0.25, 0.3) is 0 Å². The molecule has 1 unspecified atom stereocenters. The number of nitrogens with one attached hydrogen (secondary N) is 2. The molecule has 1 aliphatic carbocycles. The summed E-state index contributed by atoms with van der Waals surface area (Å²) in [5, 5.41) is 14.3. The number of aliphatic carboxylic acids is 1. The highest BCUT2D eigenvalue weighted by atomic mass is 16.4. The predicted octanol–water partition coefficient (Wildman–Crippen LogP) is 1.44. The van der Waals surface area contributed by atoms with E-state index in [-0.39, 0.29) is 12.6 Å². The van der Waals surface area contributed by atoms with E-state index in [0.29, 0.717) is 31.2 Å². The van der Waals surface area contributed by atoms with Gasteiger partial charge in [-0.25, -0.2) is 4.79 Å². The lowest BCUT2D eigenvalue weighted by molar-refractivity contribution is -0.143. The number of hydrogen-bond acceptors (Lipinski definition) is 2. The van der Waals surface area contributed by atoms with Crippen molar-refractivity contribution in [2.45, 2.75) is 33.6 Å². The molecule has 0 aromatic carbocycles. The van der Waals surface area contributed by atoms with Crippen LogP contribution in [0.5, 0.6) is 0 Å². The first kappa shape index (κ1) is 13.8. The standard InChI is InChI=1S/C12H22N2O3/c1-8(2)9(3)6-13-11(17)14-7-12(4-5-12)10(15)16/h8-9H,4-7H2,1-3H3,(H,15,16)(H2,13,14,17). The first-order valence-electron chi connectivity index (χ1n) is 6.12. The fourth-order valence-electron chi connectivity index (χ4n) is 1.42. The van der Waals surface area contributed by atoms with Crippen molar-refractivity contribution >= 4 is 12.0 Å². The Morgan fingerprint density at radius 1 is 1.24 bits per heavy atom. The van der Waals surface area contributed by atoms with E-state index < -0.39 is 11.4 Å². The Labute approximate surface area is 102 Å². The minimum atomic E-state index is -0.812. The summed E-state index contributed by atoms with van der Waals surface area (Å²) in [7, 11) is 0. The Hall–Kier alpha value is -1.26. The van der Waals surface area contributed by atoms with Crippen LogP contribution in [0.25, 0.3) is 0 Å². The van der Waals surface area contributed by atoms with E-state index in [9.17, 15) is 9.59 Å². The maximum absolute atomic E-state index is 11.5. The summed E-state index contributed by atoms with van der Waals surface area (Å²) in [5.74, 6) is 0.118. The largest absolute Gasteiger partial charge is 0.481 e. The van der Waals surface area contributed by atoms with Crippen LogP contribution < -0.4 is 10.6 Å². The average molecular weight is 242 g/mol. The molecule has 0 heterocycles. The molecule has 98 valence electrons. The smallest absolute Gasteiger partial charge is 0.314 e. The molecule has 17 heavy (non-hydrogen) atoms. The van der Waals surface area contributed by atoms with Crippen molar-refractivity contribution in [1.82, 2.24) is 10.6 Å². The maximum atomic E-state index is 11.5. The zero-order valence-corrected chi connectivity index (χ0v) is 10.7. The highest BCUT2D eigenvalue weighted by molar-refractivity contribution is 5.80. The molecular formula is C12H22N2O3. The molecule has 0 bridgehead atoms. The zero-order valence-electron chi connectivity index (χ0n) is 10.7. The molecule has 1 atom stereocenters. The predicted molar refractivity (Wildman–Crippen MR) is 64.7 cm³/mol. The van der Waals surface area contributed by atoms with Gasteiger partial charge >= 0.3 is 12.0 Å². The van der Waals surface area contributed by atoms with Crippen LogP contribution in [0.3, 0.4) is 0 Å². The molecule has 1 fully saturated rings. The number of carbonyl (C=O) groups excluding carboxylic acids is 1.